The molecule has 2 aliphatic heterocycles. The van der Waals surface area contributed by atoms with E-state index < -0.39 is 29.7 Å². The van der Waals surface area contributed by atoms with Gasteiger partial charge in [-0.05, 0) is 54.8 Å². The van der Waals surface area contributed by atoms with Crippen molar-refractivity contribution in [3.05, 3.63) is 58.6 Å². The average molecular weight is 513 g/mol. The Labute approximate surface area is 211 Å². The molecule has 3 aliphatic rings. The molecule has 1 saturated carbocycles. The maximum atomic E-state index is 13.6. The van der Waals surface area contributed by atoms with Crippen LogP contribution in [0.4, 0.5) is 21.0 Å². The summed E-state index contributed by atoms with van der Waals surface area (Å²) in [5, 5.41) is 17.1. The standard InChI is InChI=1S/C25H25ClN4O6/c26-16-5-8-19-18(12-16)25(36-24(35)29-19)9-10-30(13-25)22(32)20(11-14-1-2-14)28-21(31)15-3-6-17(7-4-15)27-23(33)34/h3-8,12,14,20,27H,1-2,9-11,13H2,(H,28,31)(H,29,35)(H,33,34)/t20-,25?/m0/s1. The minimum Gasteiger partial charge on any atom is -0.465 e. The number of carbonyl (C=O) groups excluding carboxylic acids is 3. The highest BCUT2D eigenvalue weighted by atomic mass is 35.5. The maximum Gasteiger partial charge on any atom is 0.412 e. The molecule has 1 spiro atoms. The molecule has 2 fully saturated rings. The Morgan fingerprint density at radius 3 is 2.64 bits per heavy atom. The highest BCUT2D eigenvalue weighted by Crippen LogP contribution is 2.44. The molecule has 1 aliphatic carbocycles. The third kappa shape index (κ3) is 4.94. The van der Waals surface area contributed by atoms with Gasteiger partial charge in [-0.1, -0.05) is 24.4 Å². The van der Waals surface area contributed by atoms with Gasteiger partial charge in [0.05, 0.1) is 12.2 Å². The number of fused-ring (bicyclic) bond motifs is 2. The second-order valence-corrected chi connectivity index (χ2v) is 9.86. The molecule has 0 radical (unpaired) electrons. The number of carboxylic acid groups (broad SMARTS) is 1. The molecule has 1 unspecified atom stereocenters. The first kappa shape index (κ1) is 23.9. The van der Waals surface area contributed by atoms with Crippen LogP contribution in [0.3, 0.4) is 0 Å². The van der Waals surface area contributed by atoms with Crippen LogP contribution in [0.2, 0.25) is 5.02 Å². The lowest BCUT2D eigenvalue weighted by atomic mass is 9.90. The molecule has 5 rings (SSSR count). The maximum absolute atomic E-state index is 13.6. The summed E-state index contributed by atoms with van der Waals surface area (Å²) in [5.41, 5.74) is 0.979. The van der Waals surface area contributed by atoms with E-state index >= 15 is 0 Å². The summed E-state index contributed by atoms with van der Waals surface area (Å²) in [7, 11) is 0. The first-order chi connectivity index (χ1) is 17.2. The Balaban J connectivity index is 1.32. The van der Waals surface area contributed by atoms with Crippen molar-refractivity contribution in [2.75, 3.05) is 23.7 Å². The van der Waals surface area contributed by atoms with Crippen LogP contribution in [0, 0.1) is 5.92 Å². The smallest absolute Gasteiger partial charge is 0.412 e. The van der Waals surface area contributed by atoms with Crippen LogP contribution < -0.4 is 16.0 Å². The van der Waals surface area contributed by atoms with Crippen LogP contribution in [0.15, 0.2) is 42.5 Å². The molecule has 4 amide bonds. The zero-order chi connectivity index (χ0) is 25.4. The third-order valence-electron chi connectivity index (χ3n) is 6.81. The van der Waals surface area contributed by atoms with Crippen molar-refractivity contribution in [3.63, 3.8) is 0 Å². The highest BCUT2D eigenvalue weighted by molar-refractivity contribution is 6.30. The van der Waals surface area contributed by atoms with Crippen LogP contribution in [-0.4, -0.2) is 53.1 Å². The number of rotatable bonds is 6. The number of halogens is 1. The van der Waals surface area contributed by atoms with E-state index in [1.807, 2.05) is 0 Å². The molecule has 2 aromatic carbocycles. The number of nitrogens with zero attached hydrogens (tertiary/aromatic N) is 1. The molecule has 4 N–H and O–H groups in total. The van der Waals surface area contributed by atoms with Crippen molar-refractivity contribution in [1.29, 1.82) is 0 Å². The van der Waals surface area contributed by atoms with Gasteiger partial charge in [-0.3, -0.25) is 20.2 Å². The Morgan fingerprint density at radius 1 is 1.19 bits per heavy atom. The number of benzene rings is 2. The molecular weight excluding hydrogens is 488 g/mol. The van der Waals surface area contributed by atoms with Crippen molar-refractivity contribution >= 4 is 47.0 Å². The molecule has 188 valence electrons. The third-order valence-corrected chi connectivity index (χ3v) is 7.04. The first-order valence-electron chi connectivity index (χ1n) is 11.7. The van der Waals surface area contributed by atoms with E-state index in [0.29, 0.717) is 47.3 Å². The first-order valence-corrected chi connectivity index (χ1v) is 12.1. The number of likely N-dealkylation sites (tertiary alicyclic amines) is 1. The van der Waals surface area contributed by atoms with Gasteiger partial charge in [0.15, 0.2) is 5.60 Å². The zero-order valence-electron chi connectivity index (χ0n) is 19.3. The van der Waals surface area contributed by atoms with E-state index in [0.717, 1.165) is 18.4 Å². The van der Waals surface area contributed by atoms with E-state index in [1.54, 1.807) is 23.1 Å². The van der Waals surface area contributed by atoms with Crippen molar-refractivity contribution < 1.29 is 29.0 Å². The predicted octanol–water partition coefficient (Wildman–Crippen LogP) is 4.02. The van der Waals surface area contributed by atoms with Gasteiger partial charge in [-0.25, -0.2) is 9.59 Å². The monoisotopic (exact) mass is 512 g/mol. The molecule has 1 saturated heterocycles. The quantitative estimate of drug-likeness (QED) is 0.461. The van der Waals surface area contributed by atoms with Crippen LogP contribution in [0.5, 0.6) is 0 Å². The fraction of sp³-hybridized carbons (Fsp3) is 0.360. The summed E-state index contributed by atoms with van der Waals surface area (Å²) in [5.74, 6) is -0.279. The molecule has 36 heavy (non-hydrogen) atoms. The van der Waals surface area contributed by atoms with Crippen molar-refractivity contribution in [1.82, 2.24) is 10.2 Å². The van der Waals surface area contributed by atoms with Gasteiger partial charge in [0.25, 0.3) is 5.91 Å². The number of nitrogens with one attached hydrogen (secondary N) is 3. The van der Waals surface area contributed by atoms with Crippen LogP contribution in [-0.2, 0) is 15.1 Å². The summed E-state index contributed by atoms with van der Waals surface area (Å²) >= 11 is 6.21. The Kier molecular flexibility index (Phi) is 6.21. The van der Waals surface area contributed by atoms with E-state index in [4.69, 9.17) is 21.4 Å². The SMILES string of the molecule is O=C(O)Nc1ccc(C(=O)N[C@@H](CC2CC2)C(=O)N2CCC3(C2)OC(=O)Nc2ccc(Cl)cc23)cc1. The van der Waals surface area contributed by atoms with Crippen molar-refractivity contribution in [2.24, 2.45) is 5.92 Å². The molecule has 2 aromatic rings. The molecular formula is C25H25ClN4O6. The fourth-order valence-corrected chi connectivity index (χ4v) is 5.01. The molecule has 11 heteroatoms. The Hall–Kier alpha value is -3.79. The molecule has 0 bridgehead atoms. The highest BCUT2D eigenvalue weighted by Gasteiger charge is 2.49. The van der Waals surface area contributed by atoms with E-state index in [-0.39, 0.29) is 12.5 Å². The summed E-state index contributed by atoms with van der Waals surface area (Å²) in [6.07, 6.45) is 1.18. The number of anilines is 2. The fourth-order valence-electron chi connectivity index (χ4n) is 4.84. The lowest BCUT2D eigenvalue weighted by Crippen LogP contribution is -2.50. The van der Waals surface area contributed by atoms with Gasteiger partial charge in [0.1, 0.15) is 6.04 Å². The van der Waals surface area contributed by atoms with Crippen LogP contribution in [0.25, 0.3) is 0 Å². The van der Waals surface area contributed by atoms with Gasteiger partial charge < -0.3 is 20.1 Å². The van der Waals surface area contributed by atoms with Crippen LogP contribution >= 0.6 is 11.6 Å². The van der Waals surface area contributed by atoms with Crippen molar-refractivity contribution in [2.45, 2.75) is 37.3 Å². The molecule has 10 nitrogen and oxygen atoms in total. The minimum absolute atomic E-state index is 0.166. The number of hydrogen-bond donors (Lipinski definition) is 4. The number of hydrogen-bond acceptors (Lipinski definition) is 5. The second kappa shape index (κ2) is 9.34. The minimum atomic E-state index is -1.20. The van der Waals surface area contributed by atoms with Gasteiger partial charge in [0.2, 0.25) is 5.91 Å². The normalized spacial score (nSPS) is 21.2. The lowest BCUT2D eigenvalue weighted by Gasteiger charge is -2.35. The van der Waals surface area contributed by atoms with Gasteiger partial charge >= 0.3 is 12.2 Å². The number of amides is 4. The lowest BCUT2D eigenvalue weighted by molar-refractivity contribution is -0.133. The Morgan fingerprint density at radius 2 is 1.94 bits per heavy atom. The number of ether oxygens (including phenoxy) is 1. The van der Waals surface area contributed by atoms with Gasteiger partial charge in [-0.15, -0.1) is 0 Å². The topological polar surface area (TPSA) is 137 Å². The van der Waals surface area contributed by atoms with E-state index in [1.165, 1.54) is 24.3 Å². The number of carbonyl (C=O) groups is 4. The summed E-state index contributed by atoms with van der Waals surface area (Å²) < 4.78 is 5.72. The average Bonchev–Trinajstić information content (AvgIpc) is 3.56. The van der Waals surface area contributed by atoms with Crippen molar-refractivity contribution in [3.8, 4) is 0 Å². The molecule has 2 heterocycles. The Bertz CT molecular complexity index is 1230. The van der Waals surface area contributed by atoms with E-state index in [9.17, 15) is 19.2 Å². The molecule has 2 atom stereocenters. The summed E-state index contributed by atoms with van der Waals surface area (Å²) in [6.45, 7) is 0.532. The molecule has 0 aromatic heterocycles. The summed E-state index contributed by atoms with van der Waals surface area (Å²) in [4.78, 5) is 51.2. The second-order valence-electron chi connectivity index (χ2n) is 9.42. The van der Waals surface area contributed by atoms with Gasteiger partial charge in [-0.2, -0.15) is 0 Å². The zero-order valence-corrected chi connectivity index (χ0v) is 20.0. The van der Waals surface area contributed by atoms with Gasteiger partial charge in [0, 0.05) is 34.8 Å². The predicted molar refractivity (Wildman–Crippen MR) is 131 cm³/mol. The summed E-state index contributed by atoms with van der Waals surface area (Å²) in [6, 6.07) is 10.4. The van der Waals surface area contributed by atoms with E-state index in [2.05, 4.69) is 16.0 Å². The van der Waals surface area contributed by atoms with Crippen LogP contribution in [0.1, 0.15) is 41.6 Å². The largest absolute Gasteiger partial charge is 0.465 e.